The maximum Gasteiger partial charge on any atom is 0.227 e. The molecule has 4 nitrogen and oxygen atoms in total. The molecule has 0 aliphatic carbocycles. The van der Waals surface area contributed by atoms with E-state index in [9.17, 15) is 4.79 Å². The zero-order chi connectivity index (χ0) is 21.2. The Bertz CT molecular complexity index is 899. The van der Waals surface area contributed by atoms with E-state index in [0.717, 1.165) is 29.9 Å². The molecule has 1 aliphatic heterocycles. The van der Waals surface area contributed by atoms with Gasteiger partial charge in [-0.15, -0.1) is 0 Å². The summed E-state index contributed by atoms with van der Waals surface area (Å²) in [7, 11) is 0. The number of amides is 1. The quantitative estimate of drug-likeness (QED) is 0.658. The van der Waals surface area contributed by atoms with E-state index in [1.54, 1.807) is 0 Å². The number of rotatable bonds is 4. The minimum Gasteiger partial charge on any atom is -0.356 e. The molecule has 0 saturated carbocycles. The molecule has 154 valence electrons. The minimum atomic E-state index is 0.103. The first-order chi connectivity index (χ1) is 13.6. The summed E-state index contributed by atoms with van der Waals surface area (Å²) in [5.41, 5.74) is 5.65. The molecule has 1 amide bonds. The maximum atomic E-state index is 12.0. The van der Waals surface area contributed by atoms with Crippen molar-refractivity contribution >= 4 is 34.6 Å². The lowest BCUT2D eigenvalue weighted by Crippen LogP contribution is -2.31. The van der Waals surface area contributed by atoms with Crippen LogP contribution in [-0.2, 0) is 10.2 Å². The maximum absolute atomic E-state index is 12.0. The van der Waals surface area contributed by atoms with Crippen LogP contribution in [-0.4, -0.2) is 17.6 Å². The van der Waals surface area contributed by atoms with Crippen LogP contribution in [0.5, 0.6) is 0 Å². The van der Waals surface area contributed by atoms with Crippen molar-refractivity contribution in [1.29, 1.82) is 0 Å². The number of benzene rings is 2. The van der Waals surface area contributed by atoms with E-state index in [0.29, 0.717) is 11.5 Å². The number of carbonyl (C=O) groups is 1. The molecule has 0 unspecified atom stereocenters. The molecule has 1 aliphatic rings. The van der Waals surface area contributed by atoms with Crippen LogP contribution in [0.1, 0.15) is 63.3 Å². The van der Waals surface area contributed by atoms with Gasteiger partial charge in [0.25, 0.3) is 0 Å². The molecule has 2 N–H and O–H groups in total. The van der Waals surface area contributed by atoms with Gasteiger partial charge in [-0.3, -0.25) is 4.79 Å². The average Bonchev–Trinajstić information content (AvgIpc) is 3.07. The molecule has 1 atom stereocenters. The highest BCUT2D eigenvalue weighted by Crippen LogP contribution is 2.28. The van der Waals surface area contributed by atoms with Gasteiger partial charge in [-0.1, -0.05) is 45.0 Å². The third kappa shape index (κ3) is 5.15. The molecular formula is C24H31N3OS. The van der Waals surface area contributed by atoms with Crippen molar-refractivity contribution < 1.29 is 4.79 Å². The van der Waals surface area contributed by atoms with Crippen molar-refractivity contribution in [3.05, 3.63) is 59.2 Å². The number of nitrogens with one attached hydrogen (secondary N) is 2. The zero-order valence-corrected chi connectivity index (χ0v) is 18.8. The van der Waals surface area contributed by atoms with Crippen molar-refractivity contribution in [2.45, 2.75) is 58.9 Å². The summed E-state index contributed by atoms with van der Waals surface area (Å²) in [6.45, 7) is 11.6. The fourth-order valence-corrected chi connectivity index (χ4v) is 3.95. The molecule has 0 spiro atoms. The average molecular weight is 410 g/mol. The number of aryl methyl sites for hydroxylation is 1. The van der Waals surface area contributed by atoms with Crippen molar-refractivity contribution in [2.75, 3.05) is 16.8 Å². The van der Waals surface area contributed by atoms with Crippen molar-refractivity contribution in [3.8, 4) is 0 Å². The van der Waals surface area contributed by atoms with Crippen LogP contribution in [0.15, 0.2) is 42.5 Å². The highest BCUT2D eigenvalue weighted by atomic mass is 32.1. The van der Waals surface area contributed by atoms with E-state index in [2.05, 4.69) is 62.6 Å². The van der Waals surface area contributed by atoms with Gasteiger partial charge in [0.1, 0.15) is 0 Å². The van der Waals surface area contributed by atoms with Gasteiger partial charge in [0, 0.05) is 24.3 Å². The summed E-state index contributed by atoms with van der Waals surface area (Å²) in [6, 6.07) is 14.8. The summed E-state index contributed by atoms with van der Waals surface area (Å²) < 4.78 is 0. The standard InChI is InChI=1S/C24H31N3OS/c1-16-15-20(12-13-21(16)27-14-6-7-22(27)28)26-23(29)25-17(2)18-8-10-19(11-9-18)24(3,4)5/h8-13,15,17H,6-7,14H2,1-5H3,(H2,25,26,29)/t17-/m1/s1. The molecule has 2 aromatic rings. The molecule has 2 aromatic carbocycles. The molecule has 29 heavy (non-hydrogen) atoms. The number of thiocarbonyl (C=S) groups is 1. The Balaban J connectivity index is 1.61. The largest absolute Gasteiger partial charge is 0.356 e. The van der Waals surface area contributed by atoms with E-state index in [-0.39, 0.29) is 17.4 Å². The summed E-state index contributed by atoms with van der Waals surface area (Å²) in [5.74, 6) is 0.206. The first kappa shape index (κ1) is 21.3. The Morgan fingerprint density at radius 3 is 2.38 bits per heavy atom. The van der Waals surface area contributed by atoms with Crippen LogP contribution in [0.25, 0.3) is 0 Å². The van der Waals surface area contributed by atoms with Gasteiger partial charge in [-0.05, 0) is 72.8 Å². The monoisotopic (exact) mass is 409 g/mol. The van der Waals surface area contributed by atoms with Crippen LogP contribution in [0.4, 0.5) is 11.4 Å². The van der Waals surface area contributed by atoms with Gasteiger partial charge in [0.2, 0.25) is 5.91 Å². The Hall–Kier alpha value is -2.40. The smallest absolute Gasteiger partial charge is 0.227 e. The number of hydrogen-bond acceptors (Lipinski definition) is 2. The second-order valence-electron chi connectivity index (χ2n) is 8.84. The van der Waals surface area contributed by atoms with Crippen molar-refractivity contribution in [3.63, 3.8) is 0 Å². The molecule has 5 heteroatoms. The third-order valence-corrected chi connectivity index (χ3v) is 5.66. The highest BCUT2D eigenvalue weighted by molar-refractivity contribution is 7.80. The molecule has 1 heterocycles. The number of anilines is 2. The van der Waals surface area contributed by atoms with Gasteiger partial charge >= 0.3 is 0 Å². The molecule has 0 aromatic heterocycles. The fourth-order valence-electron chi connectivity index (χ4n) is 3.66. The van der Waals surface area contributed by atoms with Gasteiger partial charge in [-0.25, -0.2) is 0 Å². The van der Waals surface area contributed by atoms with Crippen LogP contribution in [0.3, 0.4) is 0 Å². The normalized spacial score (nSPS) is 15.3. The Labute approximate surface area is 179 Å². The van der Waals surface area contributed by atoms with E-state index in [4.69, 9.17) is 12.2 Å². The third-order valence-electron chi connectivity index (χ3n) is 5.44. The lowest BCUT2D eigenvalue weighted by Gasteiger charge is -2.22. The van der Waals surface area contributed by atoms with Crippen LogP contribution >= 0.6 is 12.2 Å². The number of hydrogen-bond donors (Lipinski definition) is 2. The summed E-state index contributed by atoms with van der Waals surface area (Å²) in [6.07, 6.45) is 1.57. The minimum absolute atomic E-state index is 0.103. The summed E-state index contributed by atoms with van der Waals surface area (Å²) in [4.78, 5) is 13.9. The second-order valence-corrected chi connectivity index (χ2v) is 9.25. The van der Waals surface area contributed by atoms with E-state index >= 15 is 0 Å². The first-order valence-electron chi connectivity index (χ1n) is 10.2. The lowest BCUT2D eigenvalue weighted by molar-refractivity contribution is -0.117. The van der Waals surface area contributed by atoms with Gasteiger partial charge in [0.05, 0.1) is 6.04 Å². The van der Waals surface area contributed by atoms with E-state index in [1.807, 2.05) is 30.0 Å². The van der Waals surface area contributed by atoms with Gasteiger partial charge in [0.15, 0.2) is 5.11 Å². The summed E-state index contributed by atoms with van der Waals surface area (Å²) in [5, 5.41) is 7.20. The number of nitrogens with zero attached hydrogens (tertiary/aromatic N) is 1. The van der Waals surface area contributed by atoms with Gasteiger partial charge in [-0.2, -0.15) is 0 Å². The van der Waals surface area contributed by atoms with E-state index in [1.165, 1.54) is 11.1 Å². The fraction of sp³-hybridized carbons (Fsp3) is 0.417. The lowest BCUT2D eigenvalue weighted by atomic mass is 9.86. The van der Waals surface area contributed by atoms with E-state index < -0.39 is 0 Å². The zero-order valence-electron chi connectivity index (χ0n) is 18.0. The molecule has 0 bridgehead atoms. The predicted octanol–water partition coefficient (Wildman–Crippen LogP) is 5.47. The SMILES string of the molecule is Cc1cc(NC(=S)N[C@H](C)c2ccc(C(C)(C)C)cc2)ccc1N1CCCC1=O. The molecule has 3 rings (SSSR count). The molecule has 0 radical (unpaired) electrons. The predicted molar refractivity (Wildman–Crippen MR) is 126 cm³/mol. The summed E-state index contributed by atoms with van der Waals surface area (Å²) >= 11 is 5.51. The Morgan fingerprint density at radius 1 is 1.14 bits per heavy atom. The molecule has 1 saturated heterocycles. The van der Waals surface area contributed by atoms with Crippen molar-refractivity contribution in [1.82, 2.24) is 5.32 Å². The van der Waals surface area contributed by atoms with Gasteiger partial charge < -0.3 is 15.5 Å². The Kier molecular flexibility index (Phi) is 6.27. The van der Waals surface area contributed by atoms with Crippen LogP contribution < -0.4 is 15.5 Å². The first-order valence-corrected chi connectivity index (χ1v) is 10.6. The highest BCUT2D eigenvalue weighted by Gasteiger charge is 2.23. The Morgan fingerprint density at radius 2 is 1.83 bits per heavy atom. The van der Waals surface area contributed by atoms with Crippen molar-refractivity contribution in [2.24, 2.45) is 0 Å². The number of carbonyl (C=O) groups excluding carboxylic acids is 1. The van der Waals surface area contributed by atoms with Crippen LogP contribution in [0.2, 0.25) is 0 Å². The second kappa shape index (κ2) is 8.54. The van der Waals surface area contributed by atoms with Crippen LogP contribution in [0, 0.1) is 6.92 Å². The topological polar surface area (TPSA) is 44.4 Å². The molecular weight excluding hydrogens is 378 g/mol. The molecule has 1 fully saturated rings.